The molecule has 0 unspecified atom stereocenters. The Morgan fingerprint density at radius 1 is 1.15 bits per heavy atom. The van der Waals surface area contributed by atoms with Crippen LogP contribution in [0.2, 0.25) is 0 Å². The van der Waals surface area contributed by atoms with E-state index < -0.39 is 12.0 Å². The number of hydrogen-bond donors (Lipinski definition) is 1. The molecule has 7 heteroatoms. The number of rotatable bonds is 5. The number of aldehydes is 1. The monoisotopic (exact) mass is 368 g/mol. The van der Waals surface area contributed by atoms with E-state index in [1.165, 1.54) is 16.2 Å². The third-order valence-corrected chi connectivity index (χ3v) is 4.57. The molecule has 0 fully saturated rings. The summed E-state index contributed by atoms with van der Waals surface area (Å²) in [5, 5.41) is 4.50. The van der Waals surface area contributed by atoms with Gasteiger partial charge in [-0.1, -0.05) is 36.4 Å². The number of hydrogen-bond acceptors (Lipinski definition) is 5. The fourth-order valence-electron chi connectivity index (χ4n) is 2.45. The zero-order valence-electron chi connectivity index (χ0n) is 13.8. The van der Waals surface area contributed by atoms with Crippen LogP contribution in [0.25, 0.3) is 5.70 Å². The molecule has 1 aliphatic rings. The quantitative estimate of drug-likeness (QED) is 0.650. The van der Waals surface area contributed by atoms with Crippen molar-refractivity contribution in [3.63, 3.8) is 0 Å². The van der Waals surface area contributed by atoms with Gasteiger partial charge in [0.2, 0.25) is 6.29 Å². The van der Waals surface area contributed by atoms with Gasteiger partial charge < -0.3 is 4.74 Å². The van der Waals surface area contributed by atoms with Crippen LogP contribution in [0.15, 0.2) is 65.7 Å². The lowest BCUT2D eigenvalue weighted by atomic mass is 10.2. The van der Waals surface area contributed by atoms with Crippen LogP contribution in [0.3, 0.4) is 0 Å². The number of allylic oxidation sites excluding steroid dienone is 2. The Balaban J connectivity index is 1.67. The molecule has 132 valence electrons. The van der Waals surface area contributed by atoms with Crippen molar-refractivity contribution < 1.29 is 19.1 Å². The number of thiophene rings is 1. The summed E-state index contributed by atoms with van der Waals surface area (Å²) in [6.45, 7) is 0.231. The van der Waals surface area contributed by atoms with E-state index in [0.29, 0.717) is 11.4 Å². The maximum absolute atomic E-state index is 12.0. The summed E-state index contributed by atoms with van der Waals surface area (Å²) in [5.41, 5.74) is 1.97. The Morgan fingerprint density at radius 2 is 1.96 bits per heavy atom. The second kappa shape index (κ2) is 8.26. The number of carbonyl (C=O) groups is 3. The van der Waals surface area contributed by atoms with Crippen LogP contribution in [-0.2, 0) is 20.9 Å². The molecule has 6 nitrogen and oxygen atoms in total. The van der Waals surface area contributed by atoms with E-state index in [4.69, 9.17) is 4.74 Å². The largest absolute Gasteiger partial charge is 0.444 e. The number of amides is 2. The van der Waals surface area contributed by atoms with Crippen LogP contribution in [0, 0.1) is 0 Å². The molecule has 2 heterocycles. The number of nitrogens with zero attached hydrogens (tertiary/aromatic N) is 1. The average Bonchev–Trinajstić information content (AvgIpc) is 3.21. The van der Waals surface area contributed by atoms with Gasteiger partial charge in [-0.05, 0) is 29.2 Å². The molecular formula is C19H16N2O4S. The van der Waals surface area contributed by atoms with Crippen molar-refractivity contribution in [2.24, 2.45) is 0 Å². The minimum Gasteiger partial charge on any atom is -0.444 e. The Morgan fingerprint density at radius 3 is 2.65 bits per heavy atom. The summed E-state index contributed by atoms with van der Waals surface area (Å²) in [6, 6.07) is 13.0. The van der Waals surface area contributed by atoms with Gasteiger partial charge in [0, 0.05) is 5.70 Å². The minimum atomic E-state index is -0.672. The Hall–Kier alpha value is -3.19. The van der Waals surface area contributed by atoms with Crippen molar-refractivity contribution >= 4 is 35.3 Å². The van der Waals surface area contributed by atoms with Crippen LogP contribution in [0.4, 0.5) is 4.79 Å². The average molecular weight is 368 g/mol. The summed E-state index contributed by atoms with van der Waals surface area (Å²) < 4.78 is 5.17. The topological polar surface area (TPSA) is 75.7 Å². The molecule has 1 aromatic carbocycles. The van der Waals surface area contributed by atoms with Gasteiger partial charge in [-0.15, -0.1) is 11.3 Å². The molecule has 0 spiro atoms. The molecule has 2 amide bonds. The minimum absolute atomic E-state index is 0.0851. The Labute approximate surface area is 154 Å². The zero-order chi connectivity index (χ0) is 18.4. The number of carbonyl (C=O) groups excluding carboxylic acids is 3. The van der Waals surface area contributed by atoms with E-state index in [1.54, 1.807) is 12.2 Å². The molecule has 1 aliphatic heterocycles. The second-order valence-corrected chi connectivity index (χ2v) is 6.40. The third-order valence-electron chi connectivity index (χ3n) is 3.68. The summed E-state index contributed by atoms with van der Waals surface area (Å²) in [6.07, 6.45) is 3.04. The number of alkyl carbamates (subject to hydrolysis) is 1. The van der Waals surface area contributed by atoms with Crippen molar-refractivity contribution in [3.8, 4) is 0 Å². The normalized spacial score (nSPS) is 13.5. The fraction of sp³-hybridized carbons (Fsp3) is 0.105. The molecule has 3 rings (SSSR count). The van der Waals surface area contributed by atoms with Crippen LogP contribution in [0.1, 0.15) is 10.4 Å². The molecule has 1 N–H and O–H groups in total. The van der Waals surface area contributed by atoms with Crippen LogP contribution in [-0.4, -0.2) is 29.7 Å². The van der Waals surface area contributed by atoms with Crippen molar-refractivity contribution in [1.29, 1.82) is 0 Å². The summed E-state index contributed by atoms with van der Waals surface area (Å²) in [7, 11) is 0. The fourth-order valence-corrected chi connectivity index (χ4v) is 3.21. The molecule has 26 heavy (non-hydrogen) atoms. The van der Waals surface area contributed by atoms with Gasteiger partial charge in [0.25, 0.3) is 5.91 Å². The van der Waals surface area contributed by atoms with Gasteiger partial charge in [-0.25, -0.2) is 4.79 Å². The van der Waals surface area contributed by atoms with E-state index in [-0.39, 0.29) is 19.4 Å². The molecule has 0 saturated carbocycles. The maximum Gasteiger partial charge on any atom is 0.411 e. The highest BCUT2D eigenvalue weighted by atomic mass is 32.1. The van der Waals surface area contributed by atoms with Gasteiger partial charge >= 0.3 is 6.09 Å². The number of ether oxygens (including phenoxy) is 1. The number of benzene rings is 1. The molecule has 0 radical (unpaired) electrons. The van der Waals surface area contributed by atoms with Crippen LogP contribution in [0.5, 0.6) is 0 Å². The molecule has 2 aromatic rings. The number of nitrogens with one attached hydrogen (secondary N) is 1. The van der Waals surface area contributed by atoms with Gasteiger partial charge in [-0.3, -0.25) is 19.8 Å². The lowest BCUT2D eigenvalue weighted by Crippen LogP contribution is -2.38. The van der Waals surface area contributed by atoms with Gasteiger partial charge in [0.1, 0.15) is 6.61 Å². The van der Waals surface area contributed by atoms with Crippen LogP contribution >= 0.6 is 11.3 Å². The molecular weight excluding hydrogens is 352 g/mol. The molecule has 0 saturated heterocycles. The van der Waals surface area contributed by atoms with Crippen molar-refractivity contribution in [2.45, 2.75) is 6.61 Å². The highest BCUT2D eigenvalue weighted by Gasteiger charge is 2.24. The highest BCUT2D eigenvalue weighted by molar-refractivity contribution is 7.11. The lowest BCUT2D eigenvalue weighted by Gasteiger charge is -2.27. The van der Waals surface area contributed by atoms with E-state index in [1.807, 2.05) is 47.8 Å². The lowest BCUT2D eigenvalue weighted by molar-refractivity contribution is -0.136. The van der Waals surface area contributed by atoms with Crippen molar-refractivity contribution in [1.82, 2.24) is 10.2 Å². The first-order valence-corrected chi connectivity index (χ1v) is 8.74. The molecule has 0 atom stereocenters. The molecule has 0 aliphatic carbocycles. The first-order valence-electron chi connectivity index (χ1n) is 7.86. The molecule has 1 aromatic heterocycles. The maximum atomic E-state index is 12.0. The van der Waals surface area contributed by atoms with E-state index in [0.717, 1.165) is 10.4 Å². The summed E-state index contributed by atoms with van der Waals surface area (Å²) >= 11 is 1.46. The first-order chi connectivity index (χ1) is 12.7. The highest BCUT2D eigenvalue weighted by Crippen LogP contribution is 2.27. The van der Waals surface area contributed by atoms with E-state index >= 15 is 0 Å². The predicted molar refractivity (Wildman–Crippen MR) is 97.9 cm³/mol. The summed E-state index contributed by atoms with van der Waals surface area (Å²) in [4.78, 5) is 37.1. The predicted octanol–water partition coefficient (Wildman–Crippen LogP) is 2.94. The van der Waals surface area contributed by atoms with Gasteiger partial charge in [-0.2, -0.15) is 0 Å². The SMILES string of the molecule is O=CC(=O)N1CC(NC(=O)OCc2ccccc2)=CC=C1c1cccs1. The Bertz CT molecular complexity index is 857. The van der Waals surface area contributed by atoms with Gasteiger partial charge in [0.05, 0.1) is 17.1 Å². The molecule has 0 bridgehead atoms. The Kier molecular flexibility index (Phi) is 5.60. The zero-order valence-corrected chi connectivity index (χ0v) is 14.6. The summed E-state index contributed by atoms with van der Waals surface area (Å²) in [5.74, 6) is -0.672. The van der Waals surface area contributed by atoms with Crippen LogP contribution < -0.4 is 5.32 Å². The standard InChI is InChI=1S/C19H16N2O4S/c22-12-18(23)21-11-15(8-9-16(21)17-7-4-10-26-17)20-19(24)25-13-14-5-2-1-3-6-14/h1-10,12H,11,13H2,(H,20,24). The first kappa shape index (κ1) is 17.6. The van der Waals surface area contributed by atoms with Gasteiger partial charge in [0.15, 0.2) is 0 Å². The van der Waals surface area contributed by atoms with E-state index in [2.05, 4.69) is 5.32 Å². The third kappa shape index (κ3) is 4.25. The van der Waals surface area contributed by atoms with Crippen molar-refractivity contribution in [3.05, 3.63) is 76.1 Å². The smallest absolute Gasteiger partial charge is 0.411 e. The van der Waals surface area contributed by atoms with E-state index in [9.17, 15) is 14.4 Å². The van der Waals surface area contributed by atoms with Crippen molar-refractivity contribution in [2.75, 3.05) is 6.54 Å². The second-order valence-electron chi connectivity index (χ2n) is 5.45.